The van der Waals surface area contributed by atoms with E-state index in [4.69, 9.17) is 20.6 Å². The van der Waals surface area contributed by atoms with Crippen LogP contribution in [0, 0.1) is 0 Å². The van der Waals surface area contributed by atoms with Crippen molar-refractivity contribution in [3.63, 3.8) is 0 Å². The van der Waals surface area contributed by atoms with Crippen molar-refractivity contribution in [1.82, 2.24) is 29.4 Å². The van der Waals surface area contributed by atoms with Crippen molar-refractivity contribution in [2.75, 3.05) is 24.3 Å². The Labute approximate surface area is 198 Å². The summed E-state index contributed by atoms with van der Waals surface area (Å²) in [5.74, 6) is 1.95. The number of rotatable bonds is 5. The SMILES string of the molecule is COc1ccc2c(c1)nc(N)n1nc([C@@H]3CC[C@H](C)N(c4cnn(C(C)C(C)(C)O)c4)C3)nc21. The Hall–Kier alpha value is -3.40. The van der Waals surface area contributed by atoms with Gasteiger partial charge in [-0.15, -0.1) is 5.10 Å². The molecule has 1 fully saturated rings. The van der Waals surface area contributed by atoms with Gasteiger partial charge in [-0.05, 0) is 52.7 Å². The van der Waals surface area contributed by atoms with E-state index in [9.17, 15) is 5.11 Å². The second kappa shape index (κ2) is 8.12. The first-order valence-electron chi connectivity index (χ1n) is 11.7. The van der Waals surface area contributed by atoms with Gasteiger partial charge in [-0.3, -0.25) is 4.68 Å². The van der Waals surface area contributed by atoms with E-state index in [2.05, 4.69) is 21.9 Å². The highest BCUT2D eigenvalue weighted by Crippen LogP contribution is 2.34. The third-order valence-corrected chi connectivity index (χ3v) is 7.11. The lowest BCUT2D eigenvalue weighted by Crippen LogP contribution is -2.41. The van der Waals surface area contributed by atoms with E-state index in [0.29, 0.717) is 17.6 Å². The van der Waals surface area contributed by atoms with Crippen LogP contribution in [0.25, 0.3) is 16.6 Å². The number of piperidine rings is 1. The zero-order valence-corrected chi connectivity index (χ0v) is 20.3. The molecule has 1 aliphatic rings. The van der Waals surface area contributed by atoms with Gasteiger partial charge in [0.25, 0.3) is 0 Å². The van der Waals surface area contributed by atoms with Crippen LogP contribution in [0.2, 0.25) is 0 Å². The molecule has 3 atom stereocenters. The zero-order valence-electron chi connectivity index (χ0n) is 20.3. The van der Waals surface area contributed by atoms with Crippen molar-refractivity contribution in [3.8, 4) is 5.75 Å². The molecule has 3 N–H and O–H groups in total. The molecule has 34 heavy (non-hydrogen) atoms. The lowest BCUT2D eigenvalue weighted by atomic mass is 9.92. The summed E-state index contributed by atoms with van der Waals surface area (Å²) in [6.45, 7) is 8.58. The van der Waals surface area contributed by atoms with Crippen molar-refractivity contribution in [2.45, 2.75) is 64.1 Å². The Bertz CT molecular complexity index is 1340. The van der Waals surface area contributed by atoms with Gasteiger partial charge in [-0.2, -0.15) is 9.61 Å². The molecule has 10 heteroatoms. The number of fused-ring (bicyclic) bond motifs is 3. The molecule has 0 amide bonds. The predicted octanol–water partition coefficient (Wildman–Crippen LogP) is 3.17. The first kappa shape index (κ1) is 22.4. The number of ether oxygens (including phenoxy) is 1. The second-order valence-electron chi connectivity index (χ2n) is 9.84. The minimum Gasteiger partial charge on any atom is -0.497 e. The molecule has 3 aromatic heterocycles. The largest absolute Gasteiger partial charge is 0.497 e. The monoisotopic (exact) mass is 464 g/mol. The minimum absolute atomic E-state index is 0.139. The smallest absolute Gasteiger partial charge is 0.223 e. The van der Waals surface area contributed by atoms with E-state index in [1.807, 2.05) is 42.2 Å². The van der Waals surface area contributed by atoms with E-state index in [-0.39, 0.29) is 12.0 Å². The summed E-state index contributed by atoms with van der Waals surface area (Å²) >= 11 is 0. The van der Waals surface area contributed by atoms with Crippen LogP contribution in [0.1, 0.15) is 58.3 Å². The van der Waals surface area contributed by atoms with E-state index in [1.54, 1.807) is 25.5 Å². The van der Waals surface area contributed by atoms with E-state index >= 15 is 0 Å². The molecule has 1 unspecified atom stereocenters. The van der Waals surface area contributed by atoms with Gasteiger partial charge in [-0.25, -0.2) is 9.97 Å². The van der Waals surface area contributed by atoms with Gasteiger partial charge in [0.2, 0.25) is 5.95 Å². The topological polar surface area (TPSA) is 120 Å². The van der Waals surface area contributed by atoms with Crippen LogP contribution in [0.3, 0.4) is 0 Å². The molecule has 1 aliphatic heterocycles. The van der Waals surface area contributed by atoms with E-state index in [0.717, 1.165) is 47.6 Å². The Balaban J connectivity index is 1.46. The number of nitrogens with zero attached hydrogens (tertiary/aromatic N) is 7. The minimum atomic E-state index is -0.861. The first-order chi connectivity index (χ1) is 16.2. The third-order valence-electron chi connectivity index (χ3n) is 7.11. The number of aromatic nitrogens is 6. The van der Waals surface area contributed by atoms with Gasteiger partial charge in [0.15, 0.2) is 11.5 Å². The fraction of sp³-hybridized carbons (Fsp3) is 0.500. The molecule has 0 saturated carbocycles. The molecule has 4 aromatic rings. The van der Waals surface area contributed by atoms with E-state index in [1.165, 1.54) is 0 Å². The maximum atomic E-state index is 10.4. The fourth-order valence-electron chi connectivity index (χ4n) is 4.62. The summed E-state index contributed by atoms with van der Waals surface area (Å²) < 4.78 is 8.79. The summed E-state index contributed by atoms with van der Waals surface area (Å²) in [6, 6.07) is 5.92. The van der Waals surface area contributed by atoms with E-state index < -0.39 is 5.60 Å². The summed E-state index contributed by atoms with van der Waals surface area (Å²) in [4.78, 5) is 11.8. The summed E-state index contributed by atoms with van der Waals surface area (Å²) in [7, 11) is 1.63. The van der Waals surface area contributed by atoms with Crippen LogP contribution >= 0.6 is 0 Å². The molecular weight excluding hydrogens is 432 g/mol. The predicted molar refractivity (Wildman–Crippen MR) is 131 cm³/mol. The number of nitrogen functional groups attached to an aromatic ring is 1. The molecule has 0 bridgehead atoms. The van der Waals surface area contributed by atoms with Gasteiger partial charge in [-0.1, -0.05) is 0 Å². The Morgan fingerprint density at radius 1 is 1.24 bits per heavy atom. The van der Waals surface area contributed by atoms with Crippen molar-refractivity contribution < 1.29 is 9.84 Å². The molecule has 5 rings (SSSR count). The maximum Gasteiger partial charge on any atom is 0.223 e. The number of anilines is 2. The Kier molecular flexibility index (Phi) is 5.35. The summed E-state index contributed by atoms with van der Waals surface area (Å²) in [5, 5.41) is 20.6. The van der Waals surface area contributed by atoms with Gasteiger partial charge in [0, 0.05) is 36.2 Å². The lowest BCUT2D eigenvalue weighted by molar-refractivity contribution is 0.0258. The Morgan fingerprint density at radius 3 is 2.76 bits per heavy atom. The van der Waals surface area contributed by atoms with Crippen LogP contribution in [0.5, 0.6) is 5.75 Å². The van der Waals surface area contributed by atoms with Crippen molar-refractivity contribution >= 4 is 28.2 Å². The number of nitrogens with two attached hydrogens (primary N) is 1. The molecule has 180 valence electrons. The molecule has 1 aromatic carbocycles. The molecule has 10 nitrogen and oxygen atoms in total. The molecule has 4 heterocycles. The van der Waals surface area contributed by atoms with Crippen molar-refractivity contribution in [2.24, 2.45) is 0 Å². The highest BCUT2D eigenvalue weighted by atomic mass is 16.5. The van der Waals surface area contributed by atoms with Crippen LogP contribution in [-0.4, -0.2) is 59.8 Å². The molecule has 1 saturated heterocycles. The van der Waals surface area contributed by atoms with Crippen LogP contribution in [0.4, 0.5) is 11.6 Å². The van der Waals surface area contributed by atoms with Crippen molar-refractivity contribution in [1.29, 1.82) is 0 Å². The Morgan fingerprint density at radius 2 is 2.03 bits per heavy atom. The maximum absolute atomic E-state index is 10.4. The van der Waals surface area contributed by atoms with Crippen LogP contribution in [0.15, 0.2) is 30.6 Å². The molecular formula is C24H32N8O2. The van der Waals surface area contributed by atoms with Crippen molar-refractivity contribution in [3.05, 3.63) is 36.4 Å². The molecule has 0 radical (unpaired) electrons. The first-order valence-corrected chi connectivity index (χ1v) is 11.7. The number of hydrogen-bond acceptors (Lipinski definition) is 8. The third kappa shape index (κ3) is 3.81. The van der Waals surface area contributed by atoms with Gasteiger partial charge >= 0.3 is 0 Å². The average molecular weight is 465 g/mol. The number of methoxy groups -OCH3 is 1. The number of hydrogen-bond donors (Lipinski definition) is 2. The number of aliphatic hydroxyl groups is 1. The zero-order chi connectivity index (χ0) is 24.2. The highest BCUT2D eigenvalue weighted by molar-refractivity contribution is 5.93. The van der Waals surface area contributed by atoms with Gasteiger partial charge in [0.1, 0.15) is 5.75 Å². The lowest BCUT2D eigenvalue weighted by Gasteiger charge is -2.38. The normalized spacial score (nSPS) is 20.2. The standard InChI is InChI=1S/C24H32N8O2/c1-14-6-7-16(12-30(14)17-11-26-31(13-17)15(2)24(3,4)33)21-28-22-19-9-8-18(34-5)10-20(19)27-23(25)32(22)29-21/h8-11,13-16,33H,6-7,12H2,1-5H3,(H2,25,27)/t14-,15?,16+/m0/s1. The fourth-order valence-corrected chi connectivity index (χ4v) is 4.62. The van der Waals surface area contributed by atoms with Crippen LogP contribution in [-0.2, 0) is 0 Å². The summed E-state index contributed by atoms with van der Waals surface area (Å²) in [6.07, 6.45) is 5.89. The van der Waals surface area contributed by atoms with Gasteiger partial charge in [0.05, 0.1) is 36.2 Å². The molecule has 0 spiro atoms. The summed E-state index contributed by atoms with van der Waals surface area (Å²) in [5.41, 5.74) is 7.84. The molecule has 0 aliphatic carbocycles. The quantitative estimate of drug-likeness (QED) is 0.462. The van der Waals surface area contributed by atoms with Crippen LogP contribution < -0.4 is 15.4 Å². The highest BCUT2D eigenvalue weighted by Gasteiger charge is 2.31. The van der Waals surface area contributed by atoms with Gasteiger partial charge < -0.3 is 20.5 Å². The second-order valence-corrected chi connectivity index (χ2v) is 9.84. The number of benzene rings is 1. The average Bonchev–Trinajstić information content (AvgIpc) is 3.46.